The van der Waals surface area contributed by atoms with Gasteiger partial charge in [0.1, 0.15) is 11.6 Å². The van der Waals surface area contributed by atoms with Crippen molar-refractivity contribution in [2.45, 2.75) is 25.3 Å². The van der Waals surface area contributed by atoms with E-state index in [2.05, 4.69) is 15.0 Å². The van der Waals surface area contributed by atoms with E-state index in [-0.39, 0.29) is 5.56 Å². The molecule has 132 valence electrons. The van der Waals surface area contributed by atoms with Crippen molar-refractivity contribution < 1.29 is 18.1 Å². The molecule has 2 fully saturated rings. The van der Waals surface area contributed by atoms with Crippen molar-refractivity contribution in [1.82, 2.24) is 19.9 Å². The zero-order valence-electron chi connectivity index (χ0n) is 13.6. The van der Waals surface area contributed by atoms with Crippen LogP contribution in [0.5, 0.6) is 0 Å². The third-order valence-electron chi connectivity index (χ3n) is 4.60. The number of rotatable bonds is 4. The number of benzene rings is 1. The van der Waals surface area contributed by atoms with Crippen LogP contribution in [0.25, 0.3) is 0 Å². The van der Waals surface area contributed by atoms with E-state index < -0.39 is 17.5 Å². The van der Waals surface area contributed by atoms with Gasteiger partial charge in [0.25, 0.3) is 5.91 Å². The molecule has 0 spiro atoms. The van der Waals surface area contributed by atoms with Crippen LogP contribution in [0.3, 0.4) is 0 Å². The molecule has 1 amide bonds. The Morgan fingerprint density at radius 3 is 2.68 bits per heavy atom. The van der Waals surface area contributed by atoms with Gasteiger partial charge in [-0.3, -0.25) is 9.69 Å². The summed E-state index contributed by atoms with van der Waals surface area (Å²) in [6.07, 6.45) is 2.24. The summed E-state index contributed by atoms with van der Waals surface area (Å²) in [4.78, 5) is 20.4. The van der Waals surface area contributed by atoms with Crippen molar-refractivity contribution in [3.05, 3.63) is 47.1 Å². The maximum absolute atomic E-state index is 13.8. The van der Waals surface area contributed by atoms with E-state index in [9.17, 15) is 13.6 Å². The Morgan fingerprint density at radius 1 is 1.20 bits per heavy atom. The maximum atomic E-state index is 13.8. The quantitative estimate of drug-likeness (QED) is 0.848. The summed E-state index contributed by atoms with van der Waals surface area (Å²) in [6.45, 7) is 2.65. The second-order valence-corrected chi connectivity index (χ2v) is 6.51. The van der Waals surface area contributed by atoms with Gasteiger partial charge in [-0.2, -0.15) is 4.98 Å². The number of hydrogen-bond acceptors (Lipinski definition) is 5. The van der Waals surface area contributed by atoms with E-state index in [1.54, 1.807) is 0 Å². The summed E-state index contributed by atoms with van der Waals surface area (Å²) in [7, 11) is 0. The smallest absolute Gasteiger partial charge is 0.257 e. The van der Waals surface area contributed by atoms with E-state index in [1.807, 2.05) is 0 Å². The highest BCUT2D eigenvalue weighted by atomic mass is 19.1. The highest BCUT2D eigenvalue weighted by Crippen LogP contribution is 2.38. The standard InChI is InChI=1S/C17H18F2N4O2/c18-12-3-4-14(19)13(9-12)17(24)23-7-5-22(6-8-23)10-15-20-16(21-25-15)11-1-2-11/h3-4,9,11H,1-2,5-8,10H2. The van der Waals surface area contributed by atoms with Gasteiger partial charge in [0.15, 0.2) is 5.82 Å². The number of halogens is 2. The summed E-state index contributed by atoms with van der Waals surface area (Å²) < 4.78 is 32.3. The molecule has 1 aromatic carbocycles. The Bertz CT molecular complexity index is 783. The lowest BCUT2D eigenvalue weighted by Crippen LogP contribution is -2.48. The fraction of sp³-hybridized carbons (Fsp3) is 0.471. The molecule has 2 heterocycles. The van der Waals surface area contributed by atoms with Gasteiger partial charge in [0.2, 0.25) is 5.89 Å². The molecule has 1 aromatic heterocycles. The molecule has 1 saturated heterocycles. The van der Waals surface area contributed by atoms with Gasteiger partial charge in [-0.25, -0.2) is 8.78 Å². The van der Waals surface area contributed by atoms with Crippen molar-refractivity contribution in [2.75, 3.05) is 26.2 Å². The van der Waals surface area contributed by atoms with Crippen LogP contribution in [0.4, 0.5) is 8.78 Å². The second kappa shape index (κ2) is 6.51. The lowest BCUT2D eigenvalue weighted by molar-refractivity contribution is 0.0610. The number of piperazine rings is 1. The Hall–Kier alpha value is -2.35. The SMILES string of the molecule is O=C(c1cc(F)ccc1F)N1CCN(Cc2nc(C3CC3)no2)CC1. The number of carbonyl (C=O) groups excluding carboxylic acids is 1. The van der Waals surface area contributed by atoms with Crippen LogP contribution in [-0.4, -0.2) is 52.0 Å². The minimum Gasteiger partial charge on any atom is -0.338 e. The Kier molecular flexibility index (Phi) is 4.20. The molecule has 0 unspecified atom stereocenters. The Morgan fingerprint density at radius 2 is 1.96 bits per heavy atom. The molecule has 2 aliphatic rings. The van der Waals surface area contributed by atoms with Crippen molar-refractivity contribution in [2.24, 2.45) is 0 Å². The van der Waals surface area contributed by atoms with Gasteiger partial charge in [0, 0.05) is 32.1 Å². The average molecular weight is 348 g/mol. The lowest BCUT2D eigenvalue weighted by atomic mass is 10.1. The predicted molar refractivity (Wildman–Crippen MR) is 83.8 cm³/mol. The first-order valence-corrected chi connectivity index (χ1v) is 8.39. The van der Waals surface area contributed by atoms with Gasteiger partial charge in [0.05, 0.1) is 12.1 Å². The molecule has 4 rings (SSSR count). The van der Waals surface area contributed by atoms with Crippen molar-refractivity contribution in [3.63, 3.8) is 0 Å². The molecule has 25 heavy (non-hydrogen) atoms. The highest BCUT2D eigenvalue weighted by molar-refractivity contribution is 5.94. The minimum atomic E-state index is -0.702. The maximum Gasteiger partial charge on any atom is 0.257 e. The zero-order chi connectivity index (χ0) is 17.4. The van der Waals surface area contributed by atoms with E-state index in [1.165, 1.54) is 4.90 Å². The van der Waals surface area contributed by atoms with Gasteiger partial charge in [-0.1, -0.05) is 5.16 Å². The summed E-state index contributed by atoms with van der Waals surface area (Å²) in [5.74, 6) is 0.0142. The molecule has 2 aromatic rings. The largest absolute Gasteiger partial charge is 0.338 e. The van der Waals surface area contributed by atoms with Crippen LogP contribution in [-0.2, 0) is 6.54 Å². The molecular formula is C17H18F2N4O2. The summed E-state index contributed by atoms with van der Waals surface area (Å²) in [5.41, 5.74) is -0.223. The van der Waals surface area contributed by atoms with E-state index >= 15 is 0 Å². The first-order valence-electron chi connectivity index (χ1n) is 8.39. The van der Waals surface area contributed by atoms with Crippen molar-refractivity contribution >= 4 is 5.91 Å². The number of amides is 1. The molecule has 1 saturated carbocycles. The van der Waals surface area contributed by atoms with Crippen molar-refractivity contribution in [3.8, 4) is 0 Å². The van der Waals surface area contributed by atoms with Crippen LogP contribution in [0.15, 0.2) is 22.7 Å². The first kappa shape index (κ1) is 16.1. The van der Waals surface area contributed by atoms with Gasteiger partial charge < -0.3 is 9.42 Å². The van der Waals surface area contributed by atoms with Crippen LogP contribution in [0.1, 0.15) is 40.8 Å². The average Bonchev–Trinajstić information content (AvgIpc) is 3.37. The molecule has 1 aliphatic heterocycles. The zero-order valence-corrected chi connectivity index (χ0v) is 13.6. The molecule has 8 heteroatoms. The third-order valence-corrected chi connectivity index (χ3v) is 4.60. The second-order valence-electron chi connectivity index (χ2n) is 6.51. The first-order chi connectivity index (χ1) is 12.1. The number of carbonyl (C=O) groups is 1. The number of aromatic nitrogens is 2. The monoisotopic (exact) mass is 348 g/mol. The Balaban J connectivity index is 1.34. The fourth-order valence-electron chi connectivity index (χ4n) is 2.97. The highest BCUT2D eigenvalue weighted by Gasteiger charge is 2.30. The third kappa shape index (κ3) is 3.53. The molecule has 0 N–H and O–H groups in total. The van der Waals surface area contributed by atoms with Crippen LogP contribution in [0.2, 0.25) is 0 Å². The van der Waals surface area contributed by atoms with Gasteiger partial charge in [-0.15, -0.1) is 0 Å². The molecule has 6 nitrogen and oxygen atoms in total. The fourth-order valence-corrected chi connectivity index (χ4v) is 2.97. The van der Waals surface area contributed by atoms with E-state index in [4.69, 9.17) is 4.52 Å². The predicted octanol–water partition coefficient (Wildman–Crippen LogP) is 2.18. The summed E-state index contributed by atoms with van der Waals surface area (Å²) >= 11 is 0. The van der Waals surface area contributed by atoms with Gasteiger partial charge in [-0.05, 0) is 31.0 Å². The number of nitrogens with zero attached hydrogens (tertiary/aromatic N) is 4. The van der Waals surface area contributed by atoms with Gasteiger partial charge >= 0.3 is 0 Å². The normalized spacial score (nSPS) is 18.6. The minimum absolute atomic E-state index is 0.223. The van der Waals surface area contributed by atoms with E-state index in [0.717, 1.165) is 36.9 Å². The Labute approximate surface area is 143 Å². The van der Waals surface area contributed by atoms with Crippen LogP contribution < -0.4 is 0 Å². The topological polar surface area (TPSA) is 62.5 Å². The van der Waals surface area contributed by atoms with Crippen LogP contribution in [0, 0.1) is 11.6 Å². The molecular weight excluding hydrogens is 330 g/mol. The molecule has 1 aliphatic carbocycles. The lowest BCUT2D eigenvalue weighted by Gasteiger charge is -2.34. The molecule has 0 bridgehead atoms. The van der Waals surface area contributed by atoms with Crippen LogP contribution >= 0.6 is 0 Å². The summed E-state index contributed by atoms with van der Waals surface area (Å²) in [5, 5.41) is 3.99. The molecule has 0 radical (unpaired) electrons. The molecule has 0 atom stereocenters. The summed E-state index contributed by atoms with van der Waals surface area (Å²) in [6, 6.07) is 2.93. The van der Waals surface area contributed by atoms with Crippen molar-refractivity contribution in [1.29, 1.82) is 0 Å². The number of hydrogen-bond donors (Lipinski definition) is 0. The van der Waals surface area contributed by atoms with E-state index in [0.29, 0.717) is 44.5 Å².